The molecule has 1 atom stereocenters. The average molecular weight is 461 g/mol. The molecule has 0 heterocycles. The molecule has 0 radical (unpaired) electrons. The van der Waals surface area contributed by atoms with Gasteiger partial charge in [-0.05, 0) is 53.3 Å². The van der Waals surface area contributed by atoms with E-state index in [1.54, 1.807) is 0 Å². The van der Waals surface area contributed by atoms with Crippen LogP contribution in [0, 0.1) is 0 Å². The predicted molar refractivity (Wildman–Crippen MR) is 97.8 cm³/mol. The second kappa shape index (κ2) is 7.24. The molecular formula is C17H17Br3. The number of halogens is 3. The summed E-state index contributed by atoms with van der Waals surface area (Å²) in [6.45, 7) is 4.43. The maximum atomic E-state index is 3.84. The molecule has 2 rings (SSSR count). The van der Waals surface area contributed by atoms with Crippen LogP contribution in [0.15, 0.2) is 45.3 Å². The van der Waals surface area contributed by atoms with Crippen molar-refractivity contribution in [2.45, 2.75) is 31.5 Å². The van der Waals surface area contributed by atoms with E-state index in [1.165, 1.54) is 22.3 Å². The van der Waals surface area contributed by atoms with E-state index in [2.05, 4.69) is 92.0 Å². The van der Waals surface area contributed by atoms with E-state index in [-0.39, 0.29) is 4.83 Å². The van der Waals surface area contributed by atoms with E-state index < -0.39 is 0 Å². The predicted octanol–water partition coefficient (Wildman–Crippen LogP) is 6.82. The van der Waals surface area contributed by atoms with Gasteiger partial charge in [-0.15, -0.1) is 0 Å². The van der Waals surface area contributed by atoms with Crippen LogP contribution in [0.25, 0.3) is 0 Å². The molecule has 0 saturated carbocycles. The molecule has 0 aliphatic heterocycles. The topological polar surface area (TPSA) is 0 Å². The molecule has 0 aromatic heterocycles. The van der Waals surface area contributed by atoms with Crippen LogP contribution in [-0.4, -0.2) is 0 Å². The Labute approximate surface area is 146 Å². The van der Waals surface area contributed by atoms with Crippen LogP contribution in [0.1, 0.15) is 40.9 Å². The van der Waals surface area contributed by atoms with Crippen LogP contribution in [0.2, 0.25) is 0 Å². The lowest BCUT2D eigenvalue weighted by molar-refractivity contribution is 1.02. The van der Waals surface area contributed by atoms with Crippen molar-refractivity contribution < 1.29 is 0 Å². The zero-order chi connectivity index (χ0) is 14.7. The molecule has 20 heavy (non-hydrogen) atoms. The van der Waals surface area contributed by atoms with Gasteiger partial charge in [-0.1, -0.05) is 79.8 Å². The molecule has 0 spiro atoms. The van der Waals surface area contributed by atoms with Gasteiger partial charge in [-0.3, -0.25) is 0 Å². The molecule has 0 aliphatic carbocycles. The maximum Gasteiger partial charge on any atom is 0.0656 e. The molecule has 0 fully saturated rings. The van der Waals surface area contributed by atoms with Crippen molar-refractivity contribution in [1.29, 1.82) is 0 Å². The van der Waals surface area contributed by atoms with Gasteiger partial charge in [0.2, 0.25) is 0 Å². The summed E-state index contributed by atoms with van der Waals surface area (Å²) in [6, 6.07) is 13.1. The Morgan fingerprint density at radius 3 is 2.25 bits per heavy atom. The van der Waals surface area contributed by atoms with Gasteiger partial charge in [-0.2, -0.15) is 0 Å². The summed E-state index contributed by atoms with van der Waals surface area (Å²) in [5.74, 6) is 0. The largest absolute Gasteiger partial charge is 0.0786 e. The van der Waals surface area contributed by atoms with Gasteiger partial charge in [0.15, 0.2) is 0 Å². The Morgan fingerprint density at radius 1 is 0.900 bits per heavy atom. The van der Waals surface area contributed by atoms with E-state index in [0.29, 0.717) is 0 Å². The highest BCUT2D eigenvalue weighted by atomic mass is 79.9. The van der Waals surface area contributed by atoms with Crippen molar-refractivity contribution in [2.24, 2.45) is 0 Å². The fourth-order valence-electron chi connectivity index (χ4n) is 2.37. The first kappa shape index (κ1) is 16.3. The Balaban J connectivity index is 2.42. The fraction of sp³-hybridized carbons (Fsp3) is 0.294. The number of benzene rings is 2. The highest BCUT2D eigenvalue weighted by molar-refractivity contribution is 9.11. The first-order valence-electron chi connectivity index (χ1n) is 6.77. The van der Waals surface area contributed by atoms with Crippen molar-refractivity contribution >= 4 is 47.8 Å². The third-order valence-corrected chi connectivity index (χ3v) is 5.75. The van der Waals surface area contributed by atoms with Crippen LogP contribution in [-0.2, 0) is 12.8 Å². The molecule has 0 aliphatic rings. The molecule has 0 N–H and O–H groups in total. The molecule has 2 aromatic rings. The third-order valence-electron chi connectivity index (χ3n) is 3.52. The standard InChI is InChI=1S/C17H17Br3/c1-3-11-5-6-13(9-12(11)4-2)17(20)15-10-14(18)7-8-16(15)19/h5-10,17H,3-4H2,1-2H3. The van der Waals surface area contributed by atoms with Crippen LogP contribution >= 0.6 is 47.8 Å². The van der Waals surface area contributed by atoms with E-state index in [1.807, 2.05) is 6.07 Å². The summed E-state index contributed by atoms with van der Waals surface area (Å²) in [6.07, 6.45) is 2.17. The average Bonchev–Trinajstić information content (AvgIpc) is 2.48. The lowest BCUT2D eigenvalue weighted by Crippen LogP contribution is -1.98. The highest BCUT2D eigenvalue weighted by Gasteiger charge is 2.15. The summed E-state index contributed by atoms with van der Waals surface area (Å²) in [4.78, 5) is 0.200. The van der Waals surface area contributed by atoms with Crippen LogP contribution in [0.3, 0.4) is 0 Å². The number of hydrogen-bond acceptors (Lipinski definition) is 0. The van der Waals surface area contributed by atoms with Crippen LogP contribution in [0.4, 0.5) is 0 Å². The van der Waals surface area contributed by atoms with Gasteiger partial charge in [0.05, 0.1) is 4.83 Å². The molecule has 0 nitrogen and oxygen atoms in total. The zero-order valence-corrected chi connectivity index (χ0v) is 16.3. The van der Waals surface area contributed by atoms with Crippen molar-refractivity contribution in [3.05, 3.63) is 67.6 Å². The molecule has 106 valence electrons. The Bertz CT molecular complexity index is 605. The van der Waals surface area contributed by atoms with Crippen molar-refractivity contribution in [1.82, 2.24) is 0 Å². The lowest BCUT2D eigenvalue weighted by atomic mass is 9.96. The van der Waals surface area contributed by atoms with Crippen LogP contribution in [0.5, 0.6) is 0 Å². The summed E-state index contributed by atoms with van der Waals surface area (Å²) in [5, 5.41) is 0. The summed E-state index contributed by atoms with van der Waals surface area (Å²) < 4.78 is 2.22. The van der Waals surface area contributed by atoms with Crippen molar-refractivity contribution in [2.75, 3.05) is 0 Å². The van der Waals surface area contributed by atoms with Gasteiger partial charge in [0.1, 0.15) is 0 Å². The SMILES string of the molecule is CCc1ccc(C(Br)c2cc(Br)ccc2Br)cc1CC. The van der Waals surface area contributed by atoms with E-state index >= 15 is 0 Å². The number of hydrogen-bond donors (Lipinski definition) is 0. The highest BCUT2D eigenvalue weighted by Crippen LogP contribution is 2.37. The smallest absolute Gasteiger partial charge is 0.0656 e. The Hall–Kier alpha value is -0.120. The summed E-state index contributed by atoms with van der Waals surface area (Å²) in [7, 11) is 0. The zero-order valence-electron chi connectivity index (χ0n) is 11.6. The third kappa shape index (κ3) is 3.55. The summed E-state index contributed by atoms with van der Waals surface area (Å²) >= 11 is 11.0. The fourth-order valence-corrected chi connectivity index (χ4v) is 4.19. The van der Waals surface area contributed by atoms with E-state index in [0.717, 1.165) is 21.8 Å². The molecule has 2 aromatic carbocycles. The van der Waals surface area contributed by atoms with Gasteiger partial charge in [0, 0.05) is 8.95 Å². The number of rotatable bonds is 4. The normalized spacial score (nSPS) is 12.4. The molecule has 0 bridgehead atoms. The second-order valence-corrected chi connectivity index (χ2v) is 7.45. The van der Waals surface area contributed by atoms with Gasteiger partial charge < -0.3 is 0 Å². The lowest BCUT2D eigenvalue weighted by Gasteiger charge is -2.16. The quantitative estimate of drug-likeness (QED) is 0.439. The minimum atomic E-state index is 0.200. The van der Waals surface area contributed by atoms with Gasteiger partial charge in [0.25, 0.3) is 0 Å². The molecule has 3 heteroatoms. The molecule has 0 amide bonds. The van der Waals surface area contributed by atoms with Crippen molar-refractivity contribution in [3.63, 3.8) is 0 Å². The van der Waals surface area contributed by atoms with Gasteiger partial charge in [-0.25, -0.2) is 0 Å². The number of aryl methyl sites for hydroxylation is 2. The monoisotopic (exact) mass is 458 g/mol. The molecule has 0 saturated heterocycles. The Kier molecular flexibility index (Phi) is 5.88. The van der Waals surface area contributed by atoms with E-state index in [4.69, 9.17) is 0 Å². The molecular weight excluding hydrogens is 444 g/mol. The Morgan fingerprint density at radius 2 is 1.60 bits per heavy atom. The molecule has 1 unspecified atom stereocenters. The minimum absolute atomic E-state index is 0.200. The number of alkyl halides is 1. The first-order chi connectivity index (χ1) is 9.56. The van der Waals surface area contributed by atoms with Crippen LogP contribution < -0.4 is 0 Å². The first-order valence-corrected chi connectivity index (χ1v) is 9.27. The summed E-state index contributed by atoms with van der Waals surface area (Å²) in [5.41, 5.74) is 5.44. The van der Waals surface area contributed by atoms with E-state index in [9.17, 15) is 0 Å². The second-order valence-electron chi connectivity index (χ2n) is 4.76. The minimum Gasteiger partial charge on any atom is -0.0786 e. The maximum absolute atomic E-state index is 3.84. The van der Waals surface area contributed by atoms with Crippen molar-refractivity contribution in [3.8, 4) is 0 Å². The van der Waals surface area contributed by atoms with Gasteiger partial charge >= 0.3 is 0 Å².